The van der Waals surface area contributed by atoms with E-state index in [9.17, 15) is 4.79 Å². The van der Waals surface area contributed by atoms with E-state index in [1.165, 1.54) is 11.8 Å². The molecule has 0 bridgehead atoms. The first-order valence-electron chi connectivity index (χ1n) is 8.16. The Labute approximate surface area is 151 Å². The topological polar surface area (TPSA) is 59.8 Å². The minimum Gasteiger partial charge on any atom is -0.325 e. The maximum Gasteiger partial charge on any atom is 0.234 e. The van der Waals surface area contributed by atoms with Gasteiger partial charge in [0.2, 0.25) is 5.91 Å². The largest absolute Gasteiger partial charge is 0.325 e. The second kappa shape index (κ2) is 7.98. The number of para-hydroxylation sites is 1. The third-order valence-corrected chi connectivity index (χ3v) is 4.78. The molecule has 0 radical (unpaired) electrons. The van der Waals surface area contributed by atoms with E-state index in [2.05, 4.69) is 15.5 Å². The van der Waals surface area contributed by atoms with Gasteiger partial charge in [-0.2, -0.15) is 0 Å². The van der Waals surface area contributed by atoms with Crippen LogP contribution in [-0.2, 0) is 11.3 Å². The van der Waals surface area contributed by atoms with Crippen molar-refractivity contribution in [3.63, 3.8) is 0 Å². The zero-order chi connectivity index (χ0) is 17.6. The van der Waals surface area contributed by atoms with Gasteiger partial charge in [-0.1, -0.05) is 60.3 Å². The number of anilines is 1. The fourth-order valence-electron chi connectivity index (χ4n) is 2.51. The average molecular weight is 352 g/mol. The van der Waals surface area contributed by atoms with Crippen molar-refractivity contribution in [2.75, 3.05) is 11.1 Å². The van der Waals surface area contributed by atoms with Crippen LogP contribution in [0.3, 0.4) is 0 Å². The lowest BCUT2D eigenvalue weighted by Gasteiger charge is -2.09. The first-order valence-corrected chi connectivity index (χ1v) is 9.14. The van der Waals surface area contributed by atoms with Gasteiger partial charge in [0.15, 0.2) is 11.0 Å². The molecule has 0 aliphatic heterocycles. The lowest BCUT2D eigenvalue weighted by Crippen LogP contribution is -2.15. The predicted octanol–water partition coefficient (Wildman–Crippen LogP) is 4.00. The molecule has 0 saturated carbocycles. The van der Waals surface area contributed by atoms with Crippen LogP contribution in [0.4, 0.5) is 5.69 Å². The number of hydrogen-bond acceptors (Lipinski definition) is 4. The van der Waals surface area contributed by atoms with Crippen LogP contribution in [0.2, 0.25) is 0 Å². The second-order valence-corrected chi connectivity index (χ2v) is 6.51. The maximum absolute atomic E-state index is 12.2. The van der Waals surface area contributed by atoms with Crippen molar-refractivity contribution in [2.24, 2.45) is 0 Å². The highest BCUT2D eigenvalue weighted by atomic mass is 32.2. The number of carbonyl (C=O) groups is 1. The highest BCUT2D eigenvalue weighted by molar-refractivity contribution is 7.99. The fourth-order valence-corrected chi connectivity index (χ4v) is 3.31. The Morgan fingerprint density at radius 2 is 1.80 bits per heavy atom. The number of hydrogen-bond donors (Lipinski definition) is 1. The van der Waals surface area contributed by atoms with Crippen molar-refractivity contribution < 1.29 is 4.79 Å². The van der Waals surface area contributed by atoms with Gasteiger partial charge < -0.3 is 9.88 Å². The zero-order valence-electron chi connectivity index (χ0n) is 14.3. The number of rotatable bonds is 6. The number of amides is 1. The Kier molecular flexibility index (Phi) is 5.50. The van der Waals surface area contributed by atoms with E-state index in [4.69, 9.17) is 0 Å². The summed E-state index contributed by atoms with van der Waals surface area (Å²) in [6.07, 6.45) is 0. The standard InChI is InChI=1S/C19H20N4OS/c1-3-23-18(15-10-5-4-6-11-15)21-22-19(23)25-13-17(24)20-16-12-8-7-9-14(16)2/h4-12H,3,13H2,1-2H3,(H,20,24). The van der Waals surface area contributed by atoms with Gasteiger partial charge in [0.05, 0.1) is 5.75 Å². The minimum atomic E-state index is -0.0498. The number of aryl methyl sites for hydroxylation is 1. The molecule has 5 nitrogen and oxygen atoms in total. The Hall–Kier alpha value is -2.60. The first-order chi connectivity index (χ1) is 12.2. The molecule has 0 fully saturated rings. The van der Waals surface area contributed by atoms with E-state index in [0.717, 1.165) is 34.3 Å². The zero-order valence-corrected chi connectivity index (χ0v) is 15.1. The summed E-state index contributed by atoms with van der Waals surface area (Å²) < 4.78 is 2.03. The van der Waals surface area contributed by atoms with Crippen molar-refractivity contribution in [1.29, 1.82) is 0 Å². The van der Waals surface area contributed by atoms with Crippen LogP contribution < -0.4 is 5.32 Å². The number of benzene rings is 2. The van der Waals surface area contributed by atoms with Gasteiger partial charge in [0.25, 0.3) is 0 Å². The molecule has 0 aliphatic rings. The molecular formula is C19H20N4OS. The Balaban J connectivity index is 1.68. The van der Waals surface area contributed by atoms with E-state index >= 15 is 0 Å². The molecule has 1 amide bonds. The number of thioether (sulfide) groups is 1. The van der Waals surface area contributed by atoms with Gasteiger partial charge in [0.1, 0.15) is 0 Å². The summed E-state index contributed by atoms with van der Waals surface area (Å²) in [5.74, 6) is 1.07. The molecule has 3 aromatic rings. The quantitative estimate of drug-likeness (QED) is 0.681. The summed E-state index contributed by atoms with van der Waals surface area (Å²) in [4.78, 5) is 12.2. The van der Waals surface area contributed by atoms with Gasteiger partial charge >= 0.3 is 0 Å². The second-order valence-electron chi connectivity index (χ2n) is 5.57. The van der Waals surface area contributed by atoms with Crippen LogP contribution in [0.1, 0.15) is 12.5 Å². The van der Waals surface area contributed by atoms with E-state index < -0.39 is 0 Å². The first kappa shape index (κ1) is 17.2. The number of nitrogens with zero attached hydrogens (tertiary/aromatic N) is 3. The molecule has 3 rings (SSSR count). The maximum atomic E-state index is 12.2. The molecule has 128 valence electrons. The summed E-state index contributed by atoms with van der Waals surface area (Å²) >= 11 is 1.40. The van der Waals surface area contributed by atoms with Crippen molar-refractivity contribution in [2.45, 2.75) is 25.5 Å². The summed E-state index contributed by atoms with van der Waals surface area (Å²) in [5, 5.41) is 12.2. The number of nitrogens with one attached hydrogen (secondary N) is 1. The molecule has 0 unspecified atom stereocenters. The number of aromatic nitrogens is 3. The summed E-state index contributed by atoms with van der Waals surface area (Å²) in [7, 11) is 0. The molecule has 0 saturated heterocycles. The smallest absolute Gasteiger partial charge is 0.234 e. The van der Waals surface area contributed by atoms with Crippen LogP contribution >= 0.6 is 11.8 Å². The lowest BCUT2D eigenvalue weighted by molar-refractivity contribution is -0.113. The van der Waals surface area contributed by atoms with E-state index in [-0.39, 0.29) is 5.91 Å². The molecule has 0 spiro atoms. The highest BCUT2D eigenvalue weighted by Gasteiger charge is 2.14. The predicted molar refractivity (Wildman–Crippen MR) is 102 cm³/mol. The number of carbonyl (C=O) groups excluding carboxylic acids is 1. The van der Waals surface area contributed by atoms with Gasteiger partial charge in [-0.15, -0.1) is 10.2 Å². The van der Waals surface area contributed by atoms with Gasteiger partial charge in [-0.3, -0.25) is 4.79 Å². The Morgan fingerprint density at radius 1 is 1.08 bits per heavy atom. The molecule has 0 aliphatic carbocycles. The monoisotopic (exact) mass is 352 g/mol. The van der Waals surface area contributed by atoms with Crippen molar-refractivity contribution in [1.82, 2.24) is 14.8 Å². The summed E-state index contributed by atoms with van der Waals surface area (Å²) in [6, 6.07) is 17.7. The molecular weight excluding hydrogens is 332 g/mol. The average Bonchev–Trinajstić information content (AvgIpc) is 3.05. The molecule has 2 aromatic carbocycles. The molecule has 6 heteroatoms. The van der Waals surface area contributed by atoms with Crippen LogP contribution in [0.15, 0.2) is 59.8 Å². The molecule has 1 N–H and O–H groups in total. The summed E-state index contributed by atoms with van der Waals surface area (Å²) in [5.41, 5.74) is 2.91. The fraction of sp³-hybridized carbons (Fsp3) is 0.211. The third kappa shape index (κ3) is 4.09. The van der Waals surface area contributed by atoms with Gasteiger partial charge in [0, 0.05) is 17.8 Å². The van der Waals surface area contributed by atoms with Crippen LogP contribution in [0.25, 0.3) is 11.4 Å². The van der Waals surface area contributed by atoms with Crippen LogP contribution in [0.5, 0.6) is 0 Å². The van der Waals surface area contributed by atoms with Crippen LogP contribution in [0, 0.1) is 6.92 Å². The van der Waals surface area contributed by atoms with Gasteiger partial charge in [-0.05, 0) is 25.5 Å². The van der Waals surface area contributed by atoms with Crippen molar-refractivity contribution in [3.8, 4) is 11.4 Å². The molecule has 0 atom stereocenters. The highest BCUT2D eigenvalue weighted by Crippen LogP contribution is 2.24. The summed E-state index contributed by atoms with van der Waals surface area (Å²) in [6.45, 7) is 4.77. The minimum absolute atomic E-state index is 0.0498. The van der Waals surface area contributed by atoms with Gasteiger partial charge in [-0.25, -0.2) is 0 Å². The Bertz CT molecular complexity index is 861. The van der Waals surface area contributed by atoms with E-state index in [1.807, 2.05) is 73.0 Å². The molecule has 1 aromatic heterocycles. The Morgan fingerprint density at radius 3 is 2.52 bits per heavy atom. The van der Waals surface area contributed by atoms with E-state index in [1.54, 1.807) is 0 Å². The lowest BCUT2D eigenvalue weighted by atomic mass is 10.2. The molecule has 25 heavy (non-hydrogen) atoms. The normalized spacial score (nSPS) is 10.6. The molecule has 1 heterocycles. The van der Waals surface area contributed by atoms with Crippen molar-refractivity contribution in [3.05, 3.63) is 60.2 Å². The van der Waals surface area contributed by atoms with Crippen LogP contribution in [-0.4, -0.2) is 26.4 Å². The van der Waals surface area contributed by atoms with E-state index in [0.29, 0.717) is 5.75 Å². The third-order valence-electron chi connectivity index (χ3n) is 3.82. The van der Waals surface area contributed by atoms with Crippen molar-refractivity contribution >= 4 is 23.4 Å². The SMILES string of the molecule is CCn1c(SCC(=O)Nc2ccccc2C)nnc1-c1ccccc1.